The predicted octanol–water partition coefficient (Wildman–Crippen LogP) is 1.80. The number of hydrogen-bond donors (Lipinski definition) is 2. The summed E-state index contributed by atoms with van der Waals surface area (Å²) in [4.78, 5) is 24.0. The third-order valence-electron chi connectivity index (χ3n) is 3.83. The number of carbonyl (C=O) groups is 2. The monoisotopic (exact) mass is 289 g/mol. The Morgan fingerprint density at radius 3 is 2.62 bits per heavy atom. The Morgan fingerprint density at radius 2 is 1.90 bits per heavy atom. The number of amides is 1. The molecular weight excluding hydrogens is 274 g/mol. The number of ether oxygens (including phenoxy) is 1. The zero-order valence-corrected chi connectivity index (χ0v) is 11.3. The topological polar surface area (TPSA) is 88.8 Å². The second kappa shape index (κ2) is 5.21. The van der Waals surface area contributed by atoms with E-state index < -0.39 is 17.4 Å². The van der Waals surface area contributed by atoms with E-state index in [4.69, 9.17) is 9.15 Å². The van der Waals surface area contributed by atoms with Crippen molar-refractivity contribution in [3.8, 4) is 0 Å². The van der Waals surface area contributed by atoms with E-state index in [1.54, 1.807) is 18.2 Å². The number of furan rings is 1. The smallest absolute Gasteiger partial charge is 0.329 e. The average molecular weight is 289 g/mol. The normalized spacial score (nSPS) is 17.5. The number of hydrogen-bond acceptors (Lipinski definition) is 4. The van der Waals surface area contributed by atoms with Gasteiger partial charge in [-0.1, -0.05) is 18.2 Å². The average Bonchev–Trinajstić information content (AvgIpc) is 2.92. The van der Waals surface area contributed by atoms with Gasteiger partial charge in [-0.2, -0.15) is 0 Å². The minimum absolute atomic E-state index is 0.254. The van der Waals surface area contributed by atoms with Crippen molar-refractivity contribution < 1.29 is 23.8 Å². The van der Waals surface area contributed by atoms with Crippen LogP contribution in [0.25, 0.3) is 11.0 Å². The van der Waals surface area contributed by atoms with E-state index in [1.165, 1.54) is 6.26 Å². The summed E-state index contributed by atoms with van der Waals surface area (Å²) in [5.74, 6) is -1.48. The van der Waals surface area contributed by atoms with Crippen LogP contribution in [0.2, 0.25) is 0 Å². The fraction of sp³-hybridized carbons (Fsp3) is 0.333. The van der Waals surface area contributed by atoms with Crippen LogP contribution < -0.4 is 5.32 Å². The Morgan fingerprint density at radius 1 is 1.19 bits per heavy atom. The number of rotatable bonds is 3. The van der Waals surface area contributed by atoms with Crippen molar-refractivity contribution >= 4 is 22.8 Å². The molecule has 1 saturated heterocycles. The first-order valence-electron chi connectivity index (χ1n) is 6.72. The van der Waals surface area contributed by atoms with Crippen LogP contribution in [0.15, 0.2) is 34.9 Å². The van der Waals surface area contributed by atoms with Gasteiger partial charge in [0, 0.05) is 31.4 Å². The van der Waals surface area contributed by atoms with E-state index in [0.29, 0.717) is 29.7 Å². The molecule has 0 spiro atoms. The first-order chi connectivity index (χ1) is 10.1. The molecule has 6 heteroatoms. The molecule has 21 heavy (non-hydrogen) atoms. The third-order valence-corrected chi connectivity index (χ3v) is 3.83. The van der Waals surface area contributed by atoms with Gasteiger partial charge in [-0.05, 0) is 6.07 Å². The van der Waals surface area contributed by atoms with E-state index in [0.717, 1.165) is 0 Å². The molecule has 2 aromatic rings. The SMILES string of the molecule is O=C(NC1(C(=O)O)CCOCC1)c1coc2ccccc12. The van der Waals surface area contributed by atoms with E-state index in [9.17, 15) is 14.7 Å². The van der Waals surface area contributed by atoms with Crippen LogP contribution in [-0.2, 0) is 9.53 Å². The van der Waals surface area contributed by atoms with Gasteiger partial charge in [-0.3, -0.25) is 4.79 Å². The number of carboxylic acids is 1. The Balaban J connectivity index is 1.89. The lowest BCUT2D eigenvalue weighted by molar-refractivity contribution is -0.148. The lowest BCUT2D eigenvalue weighted by atomic mass is 9.89. The summed E-state index contributed by atoms with van der Waals surface area (Å²) in [6.07, 6.45) is 1.86. The fourth-order valence-corrected chi connectivity index (χ4v) is 2.55. The highest BCUT2D eigenvalue weighted by Gasteiger charge is 2.42. The fourth-order valence-electron chi connectivity index (χ4n) is 2.55. The van der Waals surface area contributed by atoms with E-state index >= 15 is 0 Å². The first kappa shape index (κ1) is 13.6. The van der Waals surface area contributed by atoms with Crippen molar-refractivity contribution in [1.29, 1.82) is 0 Å². The van der Waals surface area contributed by atoms with Crippen LogP contribution >= 0.6 is 0 Å². The van der Waals surface area contributed by atoms with Gasteiger partial charge in [-0.25, -0.2) is 4.79 Å². The maximum absolute atomic E-state index is 12.4. The van der Waals surface area contributed by atoms with Gasteiger partial charge in [-0.15, -0.1) is 0 Å². The van der Waals surface area contributed by atoms with Crippen LogP contribution in [0.5, 0.6) is 0 Å². The molecule has 6 nitrogen and oxygen atoms in total. The maximum atomic E-state index is 12.4. The van der Waals surface area contributed by atoms with E-state index in [-0.39, 0.29) is 12.8 Å². The number of fused-ring (bicyclic) bond motifs is 1. The Hall–Kier alpha value is -2.34. The molecule has 0 saturated carbocycles. The number of para-hydroxylation sites is 1. The van der Waals surface area contributed by atoms with Crippen molar-refractivity contribution in [2.45, 2.75) is 18.4 Å². The lowest BCUT2D eigenvalue weighted by Gasteiger charge is -2.33. The van der Waals surface area contributed by atoms with Gasteiger partial charge in [0.1, 0.15) is 17.4 Å². The molecule has 1 amide bonds. The van der Waals surface area contributed by atoms with Crippen LogP contribution in [0.3, 0.4) is 0 Å². The Kier molecular flexibility index (Phi) is 3.39. The van der Waals surface area contributed by atoms with Crippen LogP contribution in [-0.4, -0.2) is 35.7 Å². The quantitative estimate of drug-likeness (QED) is 0.899. The molecule has 0 bridgehead atoms. The van der Waals surface area contributed by atoms with E-state index in [1.807, 2.05) is 6.07 Å². The lowest BCUT2D eigenvalue weighted by Crippen LogP contribution is -2.57. The molecule has 2 N–H and O–H groups in total. The number of carbonyl (C=O) groups excluding carboxylic acids is 1. The molecule has 1 aromatic heterocycles. The molecule has 1 aromatic carbocycles. The molecule has 110 valence electrons. The van der Waals surface area contributed by atoms with Crippen LogP contribution in [0, 0.1) is 0 Å². The summed E-state index contributed by atoms with van der Waals surface area (Å²) in [7, 11) is 0. The zero-order chi connectivity index (χ0) is 14.9. The number of carboxylic acid groups (broad SMARTS) is 1. The Bertz CT molecular complexity index is 684. The summed E-state index contributed by atoms with van der Waals surface area (Å²) in [5.41, 5.74) is -0.329. The summed E-state index contributed by atoms with van der Waals surface area (Å²) in [6.45, 7) is 0.636. The number of aliphatic carboxylic acids is 1. The molecule has 2 heterocycles. The molecule has 0 unspecified atom stereocenters. The Labute approximate surface area is 120 Å². The van der Waals surface area contributed by atoms with Gasteiger partial charge in [0.25, 0.3) is 5.91 Å². The molecule has 3 rings (SSSR count). The highest BCUT2D eigenvalue weighted by molar-refractivity contribution is 6.07. The van der Waals surface area contributed by atoms with Crippen LogP contribution in [0.1, 0.15) is 23.2 Å². The standard InChI is InChI=1S/C15H15NO5/c17-13(11-9-21-12-4-2-1-3-10(11)12)16-15(14(18)19)5-7-20-8-6-15/h1-4,9H,5-8H2,(H,16,17)(H,18,19). The summed E-state index contributed by atoms with van der Waals surface area (Å²) in [6, 6.07) is 7.14. The predicted molar refractivity (Wildman–Crippen MR) is 74.1 cm³/mol. The molecule has 1 fully saturated rings. The maximum Gasteiger partial charge on any atom is 0.329 e. The minimum atomic E-state index is -1.27. The van der Waals surface area contributed by atoms with Gasteiger partial charge >= 0.3 is 5.97 Å². The number of nitrogens with one attached hydrogen (secondary N) is 1. The van der Waals surface area contributed by atoms with Gasteiger partial charge in [0.2, 0.25) is 0 Å². The van der Waals surface area contributed by atoms with Crippen molar-refractivity contribution in [2.75, 3.05) is 13.2 Å². The van der Waals surface area contributed by atoms with Gasteiger partial charge < -0.3 is 19.6 Å². The van der Waals surface area contributed by atoms with E-state index in [2.05, 4.69) is 5.32 Å². The number of benzene rings is 1. The van der Waals surface area contributed by atoms with Crippen molar-refractivity contribution in [3.63, 3.8) is 0 Å². The molecular formula is C15H15NO5. The highest BCUT2D eigenvalue weighted by Crippen LogP contribution is 2.25. The third kappa shape index (κ3) is 2.38. The second-order valence-corrected chi connectivity index (χ2v) is 5.10. The summed E-state index contributed by atoms with van der Waals surface area (Å²) in [5, 5.41) is 12.8. The van der Waals surface area contributed by atoms with Crippen molar-refractivity contribution in [2.24, 2.45) is 0 Å². The second-order valence-electron chi connectivity index (χ2n) is 5.10. The highest BCUT2D eigenvalue weighted by atomic mass is 16.5. The molecule has 1 aliphatic rings. The largest absolute Gasteiger partial charge is 0.480 e. The van der Waals surface area contributed by atoms with Crippen molar-refractivity contribution in [3.05, 3.63) is 36.1 Å². The first-order valence-corrected chi connectivity index (χ1v) is 6.72. The van der Waals surface area contributed by atoms with Crippen LogP contribution in [0.4, 0.5) is 0 Å². The van der Waals surface area contributed by atoms with Gasteiger partial charge in [0.15, 0.2) is 0 Å². The zero-order valence-electron chi connectivity index (χ0n) is 11.3. The van der Waals surface area contributed by atoms with Crippen molar-refractivity contribution in [1.82, 2.24) is 5.32 Å². The molecule has 0 atom stereocenters. The van der Waals surface area contributed by atoms with Gasteiger partial charge in [0.05, 0.1) is 5.56 Å². The molecule has 0 radical (unpaired) electrons. The molecule has 1 aliphatic heterocycles. The summed E-state index contributed by atoms with van der Waals surface area (Å²) >= 11 is 0. The summed E-state index contributed by atoms with van der Waals surface area (Å²) < 4.78 is 10.5. The molecule has 0 aliphatic carbocycles. The minimum Gasteiger partial charge on any atom is -0.480 e.